The van der Waals surface area contributed by atoms with Crippen LogP contribution in [-0.4, -0.2) is 53.8 Å². The molecule has 0 spiro atoms. The van der Waals surface area contributed by atoms with Crippen LogP contribution in [0.25, 0.3) is 0 Å². The molecule has 7 nitrogen and oxygen atoms in total. The maximum absolute atomic E-state index is 13.1. The minimum Gasteiger partial charge on any atom is -0.489 e. The Bertz CT molecular complexity index is 1060. The summed E-state index contributed by atoms with van der Waals surface area (Å²) in [5.41, 5.74) is 2.77. The van der Waals surface area contributed by atoms with E-state index in [1.54, 1.807) is 18.7 Å². The molecule has 0 fully saturated rings. The van der Waals surface area contributed by atoms with E-state index in [2.05, 4.69) is 0 Å². The van der Waals surface area contributed by atoms with Crippen molar-refractivity contribution in [3.8, 4) is 5.75 Å². The van der Waals surface area contributed by atoms with Gasteiger partial charge in [-0.2, -0.15) is 0 Å². The van der Waals surface area contributed by atoms with Crippen LogP contribution in [0.3, 0.4) is 0 Å². The summed E-state index contributed by atoms with van der Waals surface area (Å²) in [4.78, 5) is 41.9. The molecule has 2 amide bonds. The van der Waals surface area contributed by atoms with E-state index in [0.717, 1.165) is 11.1 Å². The molecule has 3 rings (SSSR count). The average Bonchev–Trinajstić information content (AvgIpc) is 2.86. The zero-order valence-electron chi connectivity index (χ0n) is 21.0. The number of likely N-dealkylation sites (N-methyl/N-ethyl adjacent to an activating group) is 1. The van der Waals surface area contributed by atoms with Gasteiger partial charge in [-0.05, 0) is 51.0 Å². The number of amides is 2. The first-order valence-corrected chi connectivity index (χ1v) is 12.1. The highest BCUT2D eigenvalue weighted by molar-refractivity contribution is 5.97. The first-order chi connectivity index (χ1) is 16.9. The van der Waals surface area contributed by atoms with E-state index in [9.17, 15) is 14.4 Å². The highest BCUT2D eigenvalue weighted by atomic mass is 16.5. The molecule has 35 heavy (non-hydrogen) atoms. The van der Waals surface area contributed by atoms with Gasteiger partial charge in [-0.1, -0.05) is 42.5 Å². The molecule has 1 heterocycles. The lowest BCUT2D eigenvalue weighted by Gasteiger charge is -2.35. The van der Waals surface area contributed by atoms with Crippen molar-refractivity contribution >= 4 is 17.8 Å². The van der Waals surface area contributed by atoms with Crippen molar-refractivity contribution < 1.29 is 23.9 Å². The van der Waals surface area contributed by atoms with Crippen LogP contribution in [0.4, 0.5) is 0 Å². The largest absolute Gasteiger partial charge is 0.489 e. The van der Waals surface area contributed by atoms with Crippen LogP contribution in [0.2, 0.25) is 0 Å². The molecule has 0 aromatic heterocycles. The monoisotopic (exact) mass is 478 g/mol. The highest BCUT2D eigenvalue weighted by Gasteiger charge is 2.37. The first-order valence-electron chi connectivity index (χ1n) is 12.1. The quantitative estimate of drug-likeness (QED) is 0.476. The normalized spacial score (nSPS) is 15.7. The Morgan fingerprint density at radius 3 is 2.26 bits per heavy atom. The number of carbonyl (C=O) groups is 3. The summed E-state index contributed by atoms with van der Waals surface area (Å²) in [5.74, 6) is -0.559. The van der Waals surface area contributed by atoms with Gasteiger partial charge in [0.15, 0.2) is 0 Å². The molecular formula is C28H34N2O5. The molecule has 0 N–H and O–H groups in total. The van der Waals surface area contributed by atoms with E-state index in [-0.39, 0.29) is 31.4 Å². The number of ether oxygens (including phenoxy) is 2. The summed E-state index contributed by atoms with van der Waals surface area (Å²) in [7, 11) is 0. The number of allylic oxidation sites excluding steroid dienone is 1. The molecule has 0 saturated heterocycles. The van der Waals surface area contributed by atoms with E-state index < -0.39 is 11.9 Å². The second-order valence-electron chi connectivity index (χ2n) is 8.37. The van der Waals surface area contributed by atoms with Gasteiger partial charge >= 0.3 is 5.97 Å². The lowest BCUT2D eigenvalue weighted by atomic mass is 9.83. The predicted molar refractivity (Wildman–Crippen MR) is 134 cm³/mol. The van der Waals surface area contributed by atoms with Crippen molar-refractivity contribution in [2.75, 3.05) is 26.2 Å². The molecule has 2 aromatic carbocycles. The Morgan fingerprint density at radius 1 is 1.00 bits per heavy atom. The number of rotatable bonds is 10. The minimum absolute atomic E-state index is 0.0846. The van der Waals surface area contributed by atoms with E-state index in [1.807, 2.05) is 68.4 Å². The van der Waals surface area contributed by atoms with Crippen LogP contribution in [0.15, 0.2) is 65.9 Å². The molecule has 1 aliphatic rings. The number of benzene rings is 2. The first kappa shape index (κ1) is 26.0. The van der Waals surface area contributed by atoms with Gasteiger partial charge in [0.25, 0.3) is 0 Å². The van der Waals surface area contributed by atoms with E-state index in [4.69, 9.17) is 9.47 Å². The van der Waals surface area contributed by atoms with Crippen LogP contribution in [0.1, 0.15) is 51.2 Å². The molecule has 7 heteroatoms. The lowest BCUT2D eigenvalue weighted by molar-refractivity contribution is -0.142. The fourth-order valence-corrected chi connectivity index (χ4v) is 4.31. The Balaban J connectivity index is 1.85. The zero-order chi connectivity index (χ0) is 25.4. The van der Waals surface area contributed by atoms with E-state index in [0.29, 0.717) is 36.7 Å². The zero-order valence-corrected chi connectivity index (χ0v) is 21.0. The van der Waals surface area contributed by atoms with Crippen LogP contribution < -0.4 is 4.74 Å². The van der Waals surface area contributed by atoms with Crippen molar-refractivity contribution in [2.24, 2.45) is 0 Å². The lowest BCUT2D eigenvalue weighted by Crippen LogP contribution is -2.45. The van der Waals surface area contributed by atoms with Crippen molar-refractivity contribution in [3.05, 3.63) is 77.0 Å². The van der Waals surface area contributed by atoms with Gasteiger partial charge in [-0.15, -0.1) is 0 Å². The third-order valence-corrected chi connectivity index (χ3v) is 6.26. The highest BCUT2D eigenvalue weighted by Crippen LogP contribution is 2.37. The second-order valence-corrected chi connectivity index (χ2v) is 8.37. The number of esters is 1. The summed E-state index contributed by atoms with van der Waals surface area (Å²) in [6.07, 6.45) is 0.0846. The topological polar surface area (TPSA) is 76.2 Å². The smallest absolute Gasteiger partial charge is 0.336 e. The van der Waals surface area contributed by atoms with Gasteiger partial charge in [0.05, 0.1) is 12.2 Å². The summed E-state index contributed by atoms with van der Waals surface area (Å²) < 4.78 is 11.2. The number of nitrogens with zero attached hydrogens (tertiary/aromatic N) is 2. The van der Waals surface area contributed by atoms with Gasteiger partial charge in [0.1, 0.15) is 18.9 Å². The van der Waals surface area contributed by atoms with Crippen LogP contribution in [0.5, 0.6) is 5.75 Å². The van der Waals surface area contributed by atoms with Gasteiger partial charge in [-0.25, -0.2) is 4.79 Å². The fraction of sp³-hybridized carbons (Fsp3) is 0.393. The Kier molecular flexibility index (Phi) is 9.06. The summed E-state index contributed by atoms with van der Waals surface area (Å²) >= 11 is 0. The Morgan fingerprint density at radius 2 is 1.66 bits per heavy atom. The second kappa shape index (κ2) is 12.2. The molecule has 1 unspecified atom stereocenters. The molecule has 0 radical (unpaired) electrons. The van der Waals surface area contributed by atoms with Crippen molar-refractivity contribution in [1.29, 1.82) is 0 Å². The number of carbonyl (C=O) groups excluding carboxylic acids is 3. The molecule has 2 aromatic rings. The Hall–Kier alpha value is -3.61. The van der Waals surface area contributed by atoms with Gasteiger partial charge in [0.2, 0.25) is 11.8 Å². The Labute approximate surface area is 207 Å². The van der Waals surface area contributed by atoms with Crippen molar-refractivity contribution in [1.82, 2.24) is 9.80 Å². The SMILES string of the molecule is CCOC(=O)C1=C(C)N(CC(=O)N(CC)CC)C(=O)CC1c1ccc(OCc2ccccc2)cc1. The predicted octanol–water partition coefficient (Wildman–Crippen LogP) is 4.29. The number of hydrogen-bond acceptors (Lipinski definition) is 5. The molecule has 1 atom stereocenters. The van der Waals surface area contributed by atoms with Crippen LogP contribution >= 0.6 is 0 Å². The van der Waals surface area contributed by atoms with Crippen LogP contribution in [0, 0.1) is 0 Å². The van der Waals surface area contributed by atoms with Crippen molar-refractivity contribution in [2.45, 2.75) is 46.6 Å². The molecule has 0 saturated carbocycles. The van der Waals surface area contributed by atoms with Gasteiger partial charge in [0, 0.05) is 31.1 Å². The maximum Gasteiger partial charge on any atom is 0.336 e. The molecule has 0 bridgehead atoms. The van der Waals surface area contributed by atoms with E-state index >= 15 is 0 Å². The molecule has 0 aliphatic carbocycles. The standard InChI is InChI=1S/C28H34N2O5/c1-5-29(6-2)26(32)18-30-20(4)27(28(33)34-7-3)24(17-25(30)31)22-13-15-23(16-14-22)35-19-21-11-9-8-10-12-21/h8-16,24H,5-7,17-19H2,1-4H3. The summed E-state index contributed by atoms with van der Waals surface area (Å²) in [6.45, 7) is 8.96. The molecule has 186 valence electrons. The summed E-state index contributed by atoms with van der Waals surface area (Å²) in [6, 6.07) is 17.3. The third kappa shape index (κ3) is 6.29. The minimum atomic E-state index is -0.466. The average molecular weight is 479 g/mol. The maximum atomic E-state index is 13.1. The van der Waals surface area contributed by atoms with Crippen LogP contribution in [-0.2, 0) is 25.7 Å². The van der Waals surface area contributed by atoms with Gasteiger partial charge < -0.3 is 19.3 Å². The van der Waals surface area contributed by atoms with Crippen molar-refractivity contribution in [3.63, 3.8) is 0 Å². The molecular weight excluding hydrogens is 444 g/mol. The molecule has 1 aliphatic heterocycles. The van der Waals surface area contributed by atoms with E-state index in [1.165, 1.54) is 4.90 Å². The number of hydrogen-bond donors (Lipinski definition) is 0. The fourth-order valence-electron chi connectivity index (χ4n) is 4.31. The van der Waals surface area contributed by atoms with Gasteiger partial charge in [-0.3, -0.25) is 9.59 Å². The summed E-state index contributed by atoms with van der Waals surface area (Å²) in [5, 5.41) is 0. The third-order valence-electron chi connectivity index (χ3n) is 6.26.